The molecule has 3 unspecified atom stereocenters. The maximum absolute atomic E-state index is 3.70. The van der Waals surface area contributed by atoms with Crippen molar-refractivity contribution in [1.29, 1.82) is 0 Å². The number of piperidine rings is 1. The van der Waals surface area contributed by atoms with Gasteiger partial charge >= 0.3 is 0 Å². The van der Waals surface area contributed by atoms with E-state index in [1.165, 1.54) is 49.2 Å². The normalized spacial score (nSPS) is 29.2. The first-order chi connectivity index (χ1) is 9.15. The van der Waals surface area contributed by atoms with Crippen LogP contribution in [0.4, 0.5) is 0 Å². The highest BCUT2D eigenvalue weighted by atomic mass is 15.2. The molecule has 0 aromatic heterocycles. The van der Waals surface area contributed by atoms with Crippen LogP contribution in [0.25, 0.3) is 0 Å². The van der Waals surface area contributed by atoms with Crippen molar-refractivity contribution < 1.29 is 0 Å². The lowest BCUT2D eigenvalue weighted by molar-refractivity contribution is 0.250. The van der Waals surface area contributed by atoms with Crippen molar-refractivity contribution in [1.82, 2.24) is 10.2 Å². The first-order valence-electron chi connectivity index (χ1n) is 7.70. The lowest BCUT2D eigenvalue weighted by atomic mass is 9.94. The molecule has 0 radical (unpaired) electrons. The SMILES string of the molecule is Cc1ccc(C)c(C(C)N2CC3CCCNC3C2)c1. The molecular weight excluding hydrogens is 232 g/mol. The van der Waals surface area contributed by atoms with Gasteiger partial charge in [-0.2, -0.15) is 0 Å². The Morgan fingerprint density at radius 2 is 2.11 bits per heavy atom. The van der Waals surface area contributed by atoms with E-state index in [0.717, 1.165) is 12.0 Å². The van der Waals surface area contributed by atoms with E-state index >= 15 is 0 Å². The third-order valence-corrected chi connectivity index (χ3v) is 5.06. The molecule has 0 amide bonds. The van der Waals surface area contributed by atoms with Crippen LogP contribution < -0.4 is 5.32 Å². The van der Waals surface area contributed by atoms with Gasteiger partial charge in [0.25, 0.3) is 0 Å². The van der Waals surface area contributed by atoms with Crippen LogP contribution in [-0.2, 0) is 0 Å². The van der Waals surface area contributed by atoms with Crippen LogP contribution in [0.2, 0.25) is 0 Å². The van der Waals surface area contributed by atoms with Crippen LogP contribution in [0.1, 0.15) is 42.5 Å². The molecule has 2 aliphatic rings. The van der Waals surface area contributed by atoms with Gasteiger partial charge in [-0.15, -0.1) is 0 Å². The third-order valence-electron chi connectivity index (χ3n) is 5.06. The van der Waals surface area contributed by atoms with E-state index < -0.39 is 0 Å². The van der Waals surface area contributed by atoms with Crippen molar-refractivity contribution in [3.05, 3.63) is 34.9 Å². The van der Waals surface area contributed by atoms with Crippen LogP contribution in [0.5, 0.6) is 0 Å². The van der Waals surface area contributed by atoms with Gasteiger partial charge in [0, 0.05) is 25.2 Å². The van der Waals surface area contributed by atoms with Gasteiger partial charge in [0.05, 0.1) is 0 Å². The highest BCUT2D eigenvalue weighted by Gasteiger charge is 2.36. The zero-order valence-corrected chi connectivity index (χ0v) is 12.4. The summed E-state index contributed by atoms with van der Waals surface area (Å²) in [7, 11) is 0. The van der Waals surface area contributed by atoms with Gasteiger partial charge in [0.1, 0.15) is 0 Å². The Hall–Kier alpha value is -0.860. The van der Waals surface area contributed by atoms with Gasteiger partial charge in [-0.05, 0) is 57.2 Å². The van der Waals surface area contributed by atoms with Gasteiger partial charge in [-0.3, -0.25) is 4.90 Å². The van der Waals surface area contributed by atoms with E-state index in [0.29, 0.717) is 6.04 Å². The van der Waals surface area contributed by atoms with Crippen molar-refractivity contribution in [2.75, 3.05) is 19.6 Å². The second kappa shape index (κ2) is 5.26. The number of fused-ring (bicyclic) bond motifs is 1. The molecule has 2 nitrogen and oxygen atoms in total. The van der Waals surface area contributed by atoms with Crippen LogP contribution in [0, 0.1) is 19.8 Å². The number of likely N-dealkylation sites (tertiary alicyclic amines) is 1. The summed E-state index contributed by atoms with van der Waals surface area (Å²) >= 11 is 0. The zero-order valence-electron chi connectivity index (χ0n) is 12.4. The zero-order chi connectivity index (χ0) is 13.4. The molecule has 1 N–H and O–H groups in total. The van der Waals surface area contributed by atoms with Gasteiger partial charge in [0.15, 0.2) is 0 Å². The maximum atomic E-state index is 3.70. The van der Waals surface area contributed by atoms with Crippen molar-refractivity contribution in [3.8, 4) is 0 Å². The highest BCUT2D eigenvalue weighted by molar-refractivity contribution is 5.33. The summed E-state index contributed by atoms with van der Waals surface area (Å²) in [5.74, 6) is 0.876. The van der Waals surface area contributed by atoms with Crippen molar-refractivity contribution in [2.24, 2.45) is 5.92 Å². The second-order valence-corrected chi connectivity index (χ2v) is 6.45. The molecule has 19 heavy (non-hydrogen) atoms. The van der Waals surface area contributed by atoms with E-state index in [1.807, 2.05) is 0 Å². The molecular formula is C17H26N2. The Labute approximate surface area is 117 Å². The lowest BCUT2D eigenvalue weighted by Gasteiger charge is -2.26. The molecule has 2 heterocycles. The summed E-state index contributed by atoms with van der Waals surface area (Å²) in [4.78, 5) is 2.68. The summed E-state index contributed by atoms with van der Waals surface area (Å²) in [6.07, 6.45) is 2.76. The third kappa shape index (κ3) is 2.56. The molecule has 104 valence electrons. The molecule has 2 fully saturated rings. The van der Waals surface area contributed by atoms with E-state index in [4.69, 9.17) is 0 Å². The molecule has 2 saturated heterocycles. The minimum Gasteiger partial charge on any atom is -0.312 e. The van der Waals surface area contributed by atoms with Crippen LogP contribution in [-0.4, -0.2) is 30.6 Å². The summed E-state index contributed by atoms with van der Waals surface area (Å²) in [5.41, 5.74) is 4.32. The van der Waals surface area contributed by atoms with Gasteiger partial charge < -0.3 is 5.32 Å². The molecule has 0 aliphatic carbocycles. The number of nitrogens with one attached hydrogen (secondary N) is 1. The van der Waals surface area contributed by atoms with Gasteiger partial charge in [-0.25, -0.2) is 0 Å². The molecule has 0 saturated carbocycles. The first kappa shape index (κ1) is 13.1. The average molecular weight is 258 g/mol. The fourth-order valence-corrected chi connectivity index (χ4v) is 3.80. The van der Waals surface area contributed by atoms with Crippen molar-refractivity contribution >= 4 is 0 Å². The fourth-order valence-electron chi connectivity index (χ4n) is 3.80. The topological polar surface area (TPSA) is 15.3 Å². The molecule has 2 aliphatic heterocycles. The lowest BCUT2D eigenvalue weighted by Crippen LogP contribution is -2.40. The number of benzene rings is 1. The highest BCUT2D eigenvalue weighted by Crippen LogP contribution is 2.32. The first-order valence-corrected chi connectivity index (χ1v) is 7.70. The van der Waals surface area contributed by atoms with Crippen molar-refractivity contribution in [2.45, 2.75) is 45.7 Å². The Kier molecular flexibility index (Phi) is 3.64. The van der Waals surface area contributed by atoms with Gasteiger partial charge in [0.2, 0.25) is 0 Å². The largest absolute Gasteiger partial charge is 0.312 e. The molecule has 1 aromatic carbocycles. The number of hydrogen-bond acceptors (Lipinski definition) is 2. The number of aryl methyl sites for hydroxylation is 2. The summed E-state index contributed by atoms with van der Waals surface area (Å²) in [6.45, 7) is 10.5. The van der Waals surface area contributed by atoms with Crippen LogP contribution >= 0.6 is 0 Å². The Bertz CT molecular complexity index is 441. The Balaban J connectivity index is 1.77. The standard InChI is InChI=1S/C17H26N2/c1-12-6-7-13(2)16(9-12)14(3)19-10-15-5-4-8-18-17(15)11-19/h6-7,9,14-15,17-18H,4-5,8,10-11H2,1-3H3. The number of hydrogen-bond donors (Lipinski definition) is 1. The fraction of sp³-hybridized carbons (Fsp3) is 0.647. The Morgan fingerprint density at radius 3 is 2.89 bits per heavy atom. The molecule has 0 spiro atoms. The summed E-state index contributed by atoms with van der Waals surface area (Å²) < 4.78 is 0. The molecule has 3 rings (SSSR count). The minimum absolute atomic E-state index is 0.548. The van der Waals surface area contributed by atoms with E-state index in [9.17, 15) is 0 Å². The van der Waals surface area contributed by atoms with E-state index in [2.05, 4.69) is 49.2 Å². The molecule has 3 atom stereocenters. The minimum atomic E-state index is 0.548. The molecule has 0 bridgehead atoms. The quantitative estimate of drug-likeness (QED) is 0.877. The molecule has 2 heteroatoms. The predicted octanol–water partition coefficient (Wildman–Crippen LogP) is 3.05. The van der Waals surface area contributed by atoms with Crippen LogP contribution in [0.3, 0.4) is 0 Å². The summed E-state index contributed by atoms with van der Waals surface area (Å²) in [5, 5.41) is 3.70. The number of rotatable bonds is 2. The summed E-state index contributed by atoms with van der Waals surface area (Å²) in [6, 6.07) is 8.14. The van der Waals surface area contributed by atoms with E-state index in [-0.39, 0.29) is 0 Å². The molecule has 1 aromatic rings. The Morgan fingerprint density at radius 1 is 1.26 bits per heavy atom. The predicted molar refractivity (Wildman–Crippen MR) is 80.4 cm³/mol. The maximum Gasteiger partial charge on any atom is 0.0323 e. The number of nitrogens with zero attached hydrogens (tertiary/aromatic N) is 1. The van der Waals surface area contributed by atoms with Crippen LogP contribution in [0.15, 0.2) is 18.2 Å². The van der Waals surface area contributed by atoms with Gasteiger partial charge in [-0.1, -0.05) is 23.8 Å². The second-order valence-electron chi connectivity index (χ2n) is 6.45. The monoisotopic (exact) mass is 258 g/mol. The van der Waals surface area contributed by atoms with Crippen molar-refractivity contribution in [3.63, 3.8) is 0 Å². The van der Waals surface area contributed by atoms with E-state index in [1.54, 1.807) is 0 Å². The average Bonchev–Trinajstić information content (AvgIpc) is 2.84. The smallest absolute Gasteiger partial charge is 0.0323 e.